The molecule has 3 nitrogen and oxygen atoms in total. The minimum absolute atomic E-state index is 0.313. The van der Waals surface area contributed by atoms with Gasteiger partial charge in [0.05, 0.1) is 11.7 Å². The van der Waals surface area contributed by atoms with E-state index >= 15 is 0 Å². The summed E-state index contributed by atoms with van der Waals surface area (Å²) in [7, 11) is 0. The summed E-state index contributed by atoms with van der Waals surface area (Å²) in [6.07, 6.45) is 1.89. The number of pyridine rings is 1. The van der Waals surface area contributed by atoms with E-state index in [0.717, 1.165) is 31.9 Å². The molecule has 0 aliphatic carbocycles. The third-order valence-corrected chi connectivity index (χ3v) is 4.22. The van der Waals surface area contributed by atoms with Crippen LogP contribution in [0.3, 0.4) is 0 Å². The molecule has 0 bridgehead atoms. The molecule has 0 aromatic carbocycles. The van der Waals surface area contributed by atoms with E-state index in [4.69, 9.17) is 0 Å². The molecule has 3 heterocycles. The van der Waals surface area contributed by atoms with Gasteiger partial charge < -0.3 is 5.32 Å². The lowest BCUT2D eigenvalue weighted by molar-refractivity contribution is 0.198. The number of nitrogens with zero attached hydrogens (tertiary/aromatic N) is 2. The Kier molecular flexibility index (Phi) is 3.69. The molecule has 1 aliphatic heterocycles. The molecule has 4 heteroatoms. The first kappa shape index (κ1) is 11.8. The third-order valence-electron chi connectivity index (χ3n) is 3.30. The van der Waals surface area contributed by atoms with Crippen molar-refractivity contribution in [2.45, 2.75) is 6.04 Å². The molecular weight excluding hydrogens is 242 g/mol. The summed E-state index contributed by atoms with van der Waals surface area (Å²) in [5.74, 6) is 0. The van der Waals surface area contributed by atoms with E-state index in [0.29, 0.717) is 6.04 Å². The van der Waals surface area contributed by atoms with Gasteiger partial charge in [-0.05, 0) is 23.6 Å². The van der Waals surface area contributed by atoms with Crippen molar-refractivity contribution in [3.05, 3.63) is 52.5 Å². The quantitative estimate of drug-likeness (QED) is 0.915. The van der Waals surface area contributed by atoms with E-state index in [1.54, 1.807) is 0 Å². The van der Waals surface area contributed by atoms with Gasteiger partial charge in [-0.15, -0.1) is 11.3 Å². The van der Waals surface area contributed by atoms with Gasteiger partial charge in [-0.2, -0.15) is 0 Å². The van der Waals surface area contributed by atoms with Gasteiger partial charge in [0.2, 0.25) is 0 Å². The van der Waals surface area contributed by atoms with Crippen molar-refractivity contribution in [1.82, 2.24) is 15.2 Å². The lowest BCUT2D eigenvalue weighted by Crippen LogP contribution is -2.45. The highest BCUT2D eigenvalue weighted by atomic mass is 32.1. The van der Waals surface area contributed by atoms with Crippen LogP contribution in [0, 0.1) is 0 Å². The van der Waals surface area contributed by atoms with Crippen LogP contribution in [0.4, 0.5) is 0 Å². The first-order chi connectivity index (χ1) is 8.95. The summed E-state index contributed by atoms with van der Waals surface area (Å²) in [5, 5.41) is 5.55. The fraction of sp³-hybridized carbons (Fsp3) is 0.357. The Morgan fingerprint density at radius 2 is 2.06 bits per heavy atom. The number of hydrogen-bond acceptors (Lipinski definition) is 4. The molecule has 1 saturated heterocycles. The van der Waals surface area contributed by atoms with Crippen molar-refractivity contribution >= 4 is 11.3 Å². The van der Waals surface area contributed by atoms with E-state index in [1.165, 1.54) is 4.88 Å². The SMILES string of the molecule is c1ccc([C@@H](c2cccs2)N2CCNCC2)nc1. The summed E-state index contributed by atoms with van der Waals surface area (Å²) in [5.41, 5.74) is 1.15. The Balaban J connectivity index is 1.93. The zero-order valence-corrected chi connectivity index (χ0v) is 11.1. The molecule has 0 spiro atoms. The Morgan fingerprint density at radius 1 is 1.17 bits per heavy atom. The average Bonchev–Trinajstić information content (AvgIpc) is 2.95. The fourth-order valence-corrected chi connectivity index (χ4v) is 3.31. The zero-order valence-electron chi connectivity index (χ0n) is 10.2. The van der Waals surface area contributed by atoms with Crippen molar-refractivity contribution in [3.8, 4) is 0 Å². The van der Waals surface area contributed by atoms with E-state index in [2.05, 4.69) is 44.8 Å². The van der Waals surface area contributed by atoms with E-state index in [-0.39, 0.29) is 0 Å². The van der Waals surface area contributed by atoms with Gasteiger partial charge >= 0.3 is 0 Å². The first-order valence-corrected chi connectivity index (χ1v) is 7.22. The molecule has 0 radical (unpaired) electrons. The van der Waals surface area contributed by atoms with Crippen molar-refractivity contribution in [2.24, 2.45) is 0 Å². The second-order valence-electron chi connectivity index (χ2n) is 4.46. The summed E-state index contributed by atoms with van der Waals surface area (Å²) in [6.45, 7) is 4.29. The van der Waals surface area contributed by atoms with Gasteiger partial charge in [0.25, 0.3) is 0 Å². The van der Waals surface area contributed by atoms with Gasteiger partial charge in [-0.1, -0.05) is 12.1 Å². The predicted molar refractivity (Wildman–Crippen MR) is 74.8 cm³/mol. The zero-order chi connectivity index (χ0) is 12.2. The normalized spacial score (nSPS) is 18.7. The number of thiophene rings is 1. The highest BCUT2D eigenvalue weighted by Gasteiger charge is 2.25. The van der Waals surface area contributed by atoms with Gasteiger partial charge in [-0.3, -0.25) is 9.88 Å². The molecule has 0 amide bonds. The van der Waals surface area contributed by atoms with Crippen LogP contribution in [0.25, 0.3) is 0 Å². The van der Waals surface area contributed by atoms with Crippen molar-refractivity contribution in [1.29, 1.82) is 0 Å². The molecule has 94 valence electrons. The minimum Gasteiger partial charge on any atom is -0.314 e. The molecule has 18 heavy (non-hydrogen) atoms. The Bertz CT molecular complexity index is 463. The van der Waals surface area contributed by atoms with Gasteiger partial charge in [0, 0.05) is 37.3 Å². The number of aromatic nitrogens is 1. The largest absolute Gasteiger partial charge is 0.314 e. The molecule has 1 N–H and O–H groups in total. The summed E-state index contributed by atoms with van der Waals surface area (Å²) < 4.78 is 0. The summed E-state index contributed by atoms with van der Waals surface area (Å²) in [4.78, 5) is 8.46. The Hall–Kier alpha value is -1.23. The van der Waals surface area contributed by atoms with E-state index in [1.807, 2.05) is 23.6 Å². The maximum atomic E-state index is 4.55. The molecule has 1 aliphatic rings. The van der Waals surface area contributed by atoms with Crippen molar-refractivity contribution in [2.75, 3.05) is 26.2 Å². The lowest BCUT2D eigenvalue weighted by atomic mass is 10.1. The molecule has 3 rings (SSSR count). The van der Waals surface area contributed by atoms with Crippen LogP contribution in [0.1, 0.15) is 16.6 Å². The second-order valence-corrected chi connectivity index (χ2v) is 5.44. The van der Waals surface area contributed by atoms with Gasteiger partial charge in [0.1, 0.15) is 0 Å². The van der Waals surface area contributed by atoms with Crippen LogP contribution < -0.4 is 5.32 Å². The maximum absolute atomic E-state index is 4.55. The van der Waals surface area contributed by atoms with E-state index in [9.17, 15) is 0 Å². The van der Waals surface area contributed by atoms with Crippen LogP contribution in [-0.4, -0.2) is 36.1 Å². The number of hydrogen-bond donors (Lipinski definition) is 1. The molecule has 2 aromatic rings. The lowest BCUT2D eigenvalue weighted by Gasteiger charge is -2.34. The molecule has 1 atom stereocenters. The van der Waals surface area contributed by atoms with Crippen LogP contribution in [-0.2, 0) is 0 Å². The third kappa shape index (κ3) is 2.46. The minimum atomic E-state index is 0.313. The summed E-state index contributed by atoms with van der Waals surface area (Å²) >= 11 is 1.82. The highest BCUT2D eigenvalue weighted by molar-refractivity contribution is 7.10. The van der Waals surface area contributed by atoms with Crippen molar-refractivity contribution in [3.63, 3.8) is 0 Å². The second kappa shape index (κ2) is 5.61. The Morgan fingerprint density at radius 3 is 2.72 bits per heavy atom. The molecule has 0 unspecified atom stereocenters. The topological polar surface area (TPSA) is 28.2 Å². The van der Waals surface area contributed by atoms with Crippen LogP contribution in [0.5, 0.6) is 0 Å². The molecule has 0 saturated carbocycles. The summed E-state index contributed by atoms with van der Waals surface area (Å²) in [6, 6.07) is 10.8. The molecule has 2 aromatic heterocycles. The standard InChI is InChI=1S/C14H17N3S/c1-2-6-16-12(4-1)14(13-5-3-11-18-13)17-9-7-15-8-10-17/h1-6,11,14-15H,7-10H2/t14-/m0/s1. The first-order valence-electron chi connectivity index (χ1n) is 6.34. The molecular formula is C14H17N3S. The van der Waals surface area contributed by atoms with Crippen LogP contribution in [0.2, 0.25) is 0 Å². The fourth-order valence-electron chi connectivity index (χ4n) is 2.44. The number of rotatable bonds is 3. The maximum Gasteiger partial charge on any atom is 0.0870 e. The molecule has 1 fully saturated rings. The van der Waals surface area contributed by atoms with E-state index < -0.39 is 0 Å². The van der Waals surface area contributed by atoms with Crippen LogP contribution in [0.15, 0.2) is 41.9 Å². The average molecular weight is 259 g/mol. The van der Waals surface area contributed by atoms with Crippen molar-refractivity contribution < 1.29 is 0 Å². The Labute approximate surface area is 111 Å². The highest BCUT2D eigenvalue weighted by Crippen LogP contribution is 2.30. The number of nitrogens with one attached hydrogen (secondary N) is 1. The number of piperazine rings is 1. The predicted octanol–water partition coefficient (Wildman–Crippen LogP) is 2.14. The van der Waals surface area contributed by atoms with Gasteiger partial charge in [-0.25, -0.2) is 0 Å². The van der Waals surface area contributed by atoms with Crippen LogP contribution >= 0.6 is 11.3 Å². The van der Waals surface area contributed by atoms with Gasteiger partial charge in [0.15, 0.2) is 0 Å². The smallest absolute Gasteiger partial charge is 0.0870 e. The monoisotopic (exact) mass is 259 g/mol.